The normalized spacial score (nSPS) is 12.2. The molecule has 0 amide bonds. The Balaban J connectivity index is 2.44. The number of rotatable bonds is 4. The van der Waals surface area contributed by atoms with Crippen LogP contribution in [0.2, 0.25) is 0 Å². The minimum absolute atomic E-state index is 0.129. The highest BCUT2D eigenvalue weighted by atomic mass is 32.1. The number of ether oxygens (including phenoxy) is 1. The Labute approximate surface area is 152 Å². The highest BCUT2D eigenvalue weighted by molar-refractivity contribution is 7.11. The molecule has 0 spiro atoms. The lowest BCUT2D eigenvalue weighted by molar-refractivity contribution is -0.136. The molecule has 0 saturated heterocycles. The van der Waals surface area contributed by atoms with Crippen LogP contribution < -0.4 is 4.74 Å². The van der Waals surface area contributed by atoms with Crippen LogP contribution in [0.3, 0.4) is 0 Å². The first-order chi connectivity index (χ1) is 11.4. The van der Waals surface area contributed by atoms with Gasteiger partial charge in [0.25, 0.3) is 5.19 Å². The number of benzene rings is 1. The first-order valence-electron chi connectivity index (χ1n) is 8.10. The molecule has 1 heterocycles. The quantitative estimate of drug-likeness (QED) is 0.810. The lowest BCUT2D eigenvalue weighted by Crippen LogP contribution is -2.17. The number of nitrogens with zero attached hydrogens (tertiary/aromatic N) is 1. The number of aliphatic carboxylic acids is 1. The molecule has 0 radical (unpaired) electrons. The van der Waals surface area contributed by atoms with Crippen molar-refractivity contribution in [1.82, 2.24) is 4.98 Å². The molecule has 0 saturated carbocycles. The molecule has 2 aromatic rings. The molecular weight excluding hydrogens is 338 g/mol. The van der Waals surface area contributed by atoms with Gasteiger partial charge >= 0.3 is 5.97 Å². The van der Waals surface area contributed by atoms with Crippen LogP contribution in [0.4, 0.5) is 0 Å². The van der Waals surface area contributed by atoms with E-state index < -0.39 is 5.97 Å². The zero-order valence-electron chi connectivity index (χ0n) is 15.5. The van der Waals surface area contributed by atoms with Gasteiger partial charge in [-0.25, -0.2) is 4.98 Å². The largest absolute Gasteiger partial charge is 0.507 e. The summed E-state index contributed by atoms with van der Waals surface area (Å²) in [5.74, 6) is -0.0477. The summed E-state index contributed by atoms with van der Waals surface area (Å²) in [6.07, 6.45) is -0.129. The van der Waals surface area contributed by atoms with E-state index in [-0.39, 0.29) is 23.0 Å². The number of carboxylic acid groups (broad SMARTS) is 1. The summed E-state index contributed by atoms with van der Waals surface area (Å²) in [6, 6.07) is 3.64. The molecule has 0 atom stereocenters. The molecular formula is C19H25NO4S. The van der Waals surface area contributed by atoms with Crippen molar-refractivity contribution in [2.45, 2.75) is 58.8 Å². The van der Waals surface area contributed by atoms with E-state index in [0.717, 1.165) is 11.1 Å². The highest BCUT2D eigenvalue weighted by Gasteiger charge is 2.27. The second-order valence-electron chi connectivity index (χ2n) is 8.14. The predicted octanol–water partition coefficient (Wildman–Crippen LogP) is 4.86. The van der Waals surface area contributed by atoms with Crippen LogP contribution in [0.15, 0.2) is 17.5 Å². The van der Waals surface area contributed by atoms with E-state index in [4.69, 9.17) is 9.84 Å². The number of carboxylic acids is 1. The number of phenolic OH excluding ortho intramolecular Hbond substituents is 1. The number of hydrogen-bond donors (Lipinski definition) is 2. The van der Waals surface area contributed by atoms with Gasteiger partial charge in [-0.2, -0.15) is 0 Å². The fraction of sp³-hybridized carbons (Fsp3) is 0.474. The molecule has 1 aromatic heterocycles. The van der Waals surface area contributed by atoms with E-state index in [2.05, 4.69) is 4.98 Å². The minimum atomic E-state index is -0.925. The summed E-state index contributed by atoms with van der Waals surface area (Å²) in [5, 5.41) is 21.6. The number of thiazole rings is 1. The number of aromatic nitrogens is 1. The molecule has 25 heavy (non-hydrogen) atoms. The van der Waals surface area contributed by atoms with Gasteiger partial charge in [0.2, 0.25) is 0 Å². The Morgan fingerprint density at radius 1 is 1.12 bits per heavy atom. The average Bonchev–Trinajstić information content (AvgIpc) is 2.84. The lowest BCUT2D eigenvalue weighted by atomic mass is 9.79. The molecule has 2 N–H and O–H groups in total. The van der Waals surface area contributed by atoms with Crippen molar-refractivity contribution in [2.24, 2.45) is 0 Å². The molecule has 2 rings (SSSR count). The third-order valence-corrected chi connectivity index (χ3v) is 4.53. The van der Waals surface area contributed by atoms with Gasteiger partial charge in [0.1, 0.15) is 11.5 Å². The van der Waals surface area contributed by atoms with E-state index in [0.29, 0.717) is 16.6 Å². The fourth-order valence-electron chi connectivity index (χ4n) is 2.48. The first-order valence-corrected chi connectivity index (χ1v) is 8.98. The van der Waals surface area contributed by atoms with Crippen molar-refractivity contribution in [3.05, 3.63) is 34.3 Å². The van der Waals surface area contributed by atoms with Gasteiger partial charge in [-0.15, -0.1) is 0 Å². The Hall–Kier alpha value is -2.08. The zero-order valence-corrected chi connectivity index (χ0v) is 16.3. The SMILES string of the molecule is CC(C)(C)c1cc(Oc2nc(CC(=O)O)cs2)cc(C(C)(C)C)c1O. The van der Waals surface area contributed by atoms with Crippen LogP contribution in [0.1, 0.15) is 58.4 Å². The van der Waals surface area contributed by atoms with Crippen molar-refractivity contribution in [3.63, 3.8) is 0 Å². The van der Waals surface area contributed by atoms with Gasteiger partial charge in [0, 0.05) is 16.5 Å². The number of hydrogen-bond acceptors (Lipinski definition) is 5. The second-order valence-corrected chi connectivity index (χ2v) is 8.96. The molecule has 5 nitrogen and oxygen atoms in total. The second kappa shape index (κ2) is 6.67. The Bertz CT molecular complexity index is 746. The van der Waals surface area contributed by atoms with Gasteiger partial charge in [-0.1, -0.05) is 52.9 Å². The number of aromatic hydroxyl groups is 1. The standard InChI is InChI=1S/C19H25NO4S/c1-18(2,3)13-8-12(9-14(16(13)23)19(4,5)6)24-17-20-11(10-25-17)7-15(21)22/h8-10,23H,7H2,1-6H3,(H,21,22). The van der Waals surface area contributed by atoms with E-state index in [1.165, 1.54) is 11.3 Å². The molecule has 6 heteroatoms. The van der Waals surface area contributed by atoms with Crippen LogP contribution in [-0.4, -0.2) is 21.2 Å². The Morgan fingerprint density at radius 3 is 2.08 bits per heavy atom. The van der Waals surface area contributed by atoms with Crippen molar-refractivity contribution < 1.29 is 19.7 Å². The van der Waals surface area contributed by atoms with Crippen LogP contribution in [0.5, 0.6) is 16.7 Å². The summed E-state index contributed by atoms with van der Waals surface area (Å²) in [5.41, 5.74) is 1.58. The van der Waals surface area contributed by atoms with E-state index in [1.54, 1.807) is 5.38 Å². The smallest absolute Gasteiger partial charge is 0.309 e. The number of carbonyl (C=O) groups is 1. The zero-order chi connectivity index (χ0) is 19.0. The molecule has 0 aliphatic carbocycles. The van der Waals surface area contributed by atoms with Crippen LogP contribution in [-0.2, 0) is 22.0 Å². The Morgan fingerprint density at radius 2 is 1.64 bits per heavy atom. The molecule has 1 aromatic carbocycles. The van der Waals surface area contributed by atoms with E-state index in [1.807, 2.05) is 53.7 Å². The van der Waals surface area contributed by atoms with Gasteiger partial charge in [-0.05, 0) is 23.0 Å². The monoisotopic (exact) mass is 363 g/mol. The van der Waals surface area contributed by atoms with Crippen molar-refractivity contribution >= 4 is 17.3 Å². The Kier molecular flexibility index (Phi) is 5.14. The molecule has 0 bridgehead atoms. The van der Waals surface area contributed by atoms with Gasteiger partial charge in [0.05, 0.1) is 12.1 Å². The van der Waals surface area contributed by atoms with Gasteiger partial charge in [-0.3, -0.25) is 4.79 Å². The average molecular weight is 363 g/mol. The fourth-order valence-corrected chi connectivity index (χ4v) is 3.17. The first kappa shape index (κ1) is 19.2. The molecule has 0 unspecified atom stereocenters. The third-order valence-electron chi connectivity index (χ3n) is 3.77. The third kappa shape index (κ3) is 4.72. The minimum Gasteiger partial charge on any atom is -0.507 e. The van der Waals surface area contributed by atoms with Crippen LogP contribution >= 0.6 is 11.3 Å². The summed E-state index contributed by atoms with van der Waals surface area (Å²) in [4.78, 5) is 15.0. The number of phenols is 1. The summed E-state index contributed by atoms with van der Waals surface area (Å²) in [7, 11) is 0. The summed E-state index contributed by atoms with van der Waals surface area (Å²) < 4.78 is 5.87. The van der Waals surface area contributed by atoms with Gasteiger partial charge < -0.3 is 14.9 Å². The van der Waals surface area contributed by atoms with Crippen molar-refractivity contribution in [2.75, 3.05) is 0 Å². The van der Waals surface area contributed by atoms with E-state index >= 15 is 0 Å². The maximum atomic E-state index is 10.8. The summed E-state index contributed by atoms with van der Waals surface area (Å²) in [6.45, 7) is 12.2. The maximum Gasteiger partial charge on any atom is 0.309 e. The maximum absolute atomic E-state index is 10.8. The van der Waals surface area contributed by atoms with E-state index in [9.17, 15) is 9.90 Å². The van der Waals surface area contributed by atoms with Crippen molar-refractivity contribution in [3.8, 4) is 16.7 Å². The summed E-state index contributed by atoms with van der Waals surface area (Å²) >= 11 is 1.26. The van der Waals surface area contributed by atoms with Crippen LogP contribution in [0, 0.1) is 0 Å². The molecule has 0 aliphatic rings. The highest BCUT2D eigenvalue weighted by Crippen LogP contribution is 2.42. The van der Waals surface area contributed by atoms with Gasteiger partial charge in [0.15, 0.2) is 0 Å². The molecule has 136 valence electrons. The topological polar surface area (TPSA) is 79.7 Å². The lowest BCUT2D eigenvalue weighted by Gasteiger charge is -2.27. The molecule has 0 aliphatic heterocycles. The van der Waals surface area contributed by atoms with Crippen molar-refractivity contribution in [1.29, 1.82) is 0 Å². The molecule has 0 fully saturated rings. The van der Waals surface area contributed by atoms with Crippen LogP contribution in [0.25, 0.3) is 0 Å². The predicted molar refractivity (Wildman–Crippen MR) is 99.0 cm³/mol.